The molecular formula is C20H26N2Si. The van der Waals surface area contributed by atoms with E-state index in [2.05, 4.69) is 58.7 Å². The minimum absolute atomic E-state index is 0.511. The van der Waals surface area contributed by atoms with Gasteiger partial charge in [0.2, 0.25) is 0 Å². The number of nitrogens with zero attached hydrogens (tertiary/aromatic N) is 2. The van der Waals surface area contributed by atoms with Crippen LogP contribution < -0.4 is 5.19 Å². The van der Waals surface area contributed by atoms with E-state index >= 15 is 0 Å². The first-order valence-corrected chi connectivity index (χ1v) is 11.7. The molecule has 120 valence electrons. The Hall–Kier alpha value is -1.92. The molecule has 0 aliphatic heterocycles. The number of hydrogen-bond acceptors (Lipinski definition) is 2. The van der Waals surface area contributed by atoms with E-state index in [4.69, 9.17) is 10.2 Å². The lowest BCUT2D eigenvalue weighted by Crippen LogP contribution is -2.41. The van der Waals surface area contributed by atoms with E-state index in [0.717, 1.165) is 11.3 Å². The lowest BCUT2D eigenvalue weighted by molar-refractivity contribution is 0.537. The molecule has 1 unspecified atom stereocenters. The smallest absolute Gasteiger partial charge is 0.0991 e. The summed E-state index contributed by atoms with van der Waals surface area (Å²) in [5, 5.41) is 10.4. The summed E-state index contributed by atoms with van der Waals surface area (Å²) in [4.78, 5) is 4.73. The van der Waals surface area contributed by atoms with Crippen LogP contribution in [0.25, 0.3) is 11.3 Å². The van der Waals surface area contributed by atoms with E-state index in [-0.39, 0.29) is 0 Å². The van der Waals surface area contributed by atoms with Crippen LogP contribution in [-0.2, 0) is 0 Å². The van der Waals surface area contributed by atoms with Crippen LogP contribution in [0.1, 0.15) is 37.8 Å². The van der Waals surface area contributed by atoms with Gasteiger partial charge < -0.3 is 0 Å². The fraction of sp³-hybridized carbons (Fsp3) is 0.400. The Morgan fingerprint density at radius 2 is 1.65 bits per heavy atom. The summed E-state index contributed by atoms with van der Waals surface area (Å²) in [7, 11) is -1.43. The van der Waals surface area contributed by atoms with E-state index in [1.54, 1.807) is 0 Å². The number of pyridine rings is 1. The highest BCUT2D eigenvalue weighted by Crippen LogP contribution is 2.27. The molecule has 3 heteroatoms. The summed E-state index contributed by atoms with van der Waals surface area (Å²) in [5.41, 5.74) is 4.19. The number of rotatable bonds is 4. The van der Waals surface area contributed by atoms with Gasteiger partial charge in [-0.3, -0.25) is 4.98 Å². The van der Waals surface area contributed by atoms with Gasteiger partial charge in [-0.15, -0.1) is 0 Å². The van der Waals surface area contributed by atoms with Gasteiger partial charge in [-0.25, -0.2) is 0 Å². The van der Waals surface area contributed by atoms with Crippen molar-refractivity contribution in [2.75, 3.05) is 0 Å². The van der Waals surface area contributed by atoms with Crippen LogP contribution in [0.2, 0.25) is 19.6 Å². The molecule has 0 amide bonds. The van der Waals surface area contributed by atoms with E-state index in [0.29, 0.717) is 17.4 Å². The fourth-order valence-corrected chi connectivity index (χ4v) is 4.32. The largest absolute Gasteiger partial charge is 0.256 e. The quantitative estimate of drug-likeness (QED) is 0.749. The molecule has 2 rings (SSSR count). The molecule has 1 aromatic heterocycles. The third-order valence-electron chi connectivity index (χ3n) is 4.54. The van der Waals surface area contributed by atoms with Crippen LogP contribution in [0.5, 0.6) is 0 Å². The van der Waals surface area contributed by atoms with Crippen molar-refractivity contribution in [3.63, 3.8) is 0 Å². The predicted octanol–water partition coefficient (Wildman–Crippen LogP) is 4.92. The zero-order valence-corrected chi connectivity index (χ0v) is 16.0. The van der Waals surface area contributed by atoms with E-state index < -0.39 is 8.07 Å². The Morgan fingerprint density at radius 3 is 2.13 bits per heavy atom. The molecule has 0 radical (unpaired) electrons. The van der Waals surface area contributed by atoms with Gasteiger partial charge in [-0.05, 0) is 40.8 Å². The second-order valence-corrected chi connectivity index (χ2v) is 12.7. The van der Waals surface area contributed by atoms with Gasteiger partial charge >= 0.3 is 0 Å². The van der Waals surface area contributed by atoms with Gasteiger partial charge in [0.05, 0.1) is 25.4 Å². The minimum Gasteiger partial charge on any atom is -0.256 e. The van der Waals surface area contributed by atoms with Crippen molar-refractivity contribution in [1.82, 2.24) is 4.98 Å². The first kappa shape index (κ1) is 17.4. The van der Waals surface area contributed by atoms with Gasteiger partial charge in [0, 0.05) is 11.8 Å². The van der Waals surface area contributed by atoms with E-state index in [9.17, 15) is 0 Å². The molecule has 1 heterocycles. The van der Waals surface area contributed by atoms with Crippen LogP contribution in [0.4, 0.5) is 0 Å². The normalized spacial score (nSPS) is 13.0. The third kappa shape index (κ3) is 3.89. The molecule has 0 aliphatic carbocycles. The van der Waals surface area contributed by atoms with Gasteiger partial charge in [0.15, 0.2) is 0 Å². The molecule has 0 aliphatic rings. The molecule has 0 fully saturated rings. The Balaban J connectivity index is 2.55. The molecule has 0 N–H and O–H groups in total. The summed E-state index contributed by atoms with van der Waals surface area (Å²) < 4.78 is 0. The molecular weight excluding hydrogens is 296 g/mol. The van der Waals surface area contributed by atoms with Crippen LogP contribution in [0, 0.1) is 17.2 Å². The number of aromatic nitrogens is 1. The maximum atomic E-state index is 8.94. The zero-order chi connectivity index (χ0) is 17.2. The Labute approximate surface area is 141 Å². The molecule has 2 nitrogen and oxygen atoms in total. The van der Waals surface area contributed by atoms with Crippen LogP contribution in [-0.4, -0.2) is 13.1 Å². The van der Waals surface area contributed by atoms with Crippen LogP contribution in [0.15, 0.2) is 36.5 Å². The Kier molecular flexibility index (Phi) is 5.06. The van der Waals surface area contributed by atoms with Crippen molar-refractivity contribution in [1.29, 1.82) is 5.26 Å². The highest BCUT2D eigenvalue weighted by atomic mass is 28.3. The lowest BCUT2D eigenvalue weighted by atomic mass is 9.90. The molecule has 2 aromatic rings. The molecule has 1 atom stereocenters. The van der Waals surface area contributed by atoms with Crippen molar-refractivity contribution in [2.45, 2.75) is 46.3 Å². The molecule has 23 heavy (non-hydrogen) atoms. The summed E-state index contributed by atoms with van der Waals surface area (Å²) >= 11 is 0. The first-order valence-electron chi connectivity index (χ1n) is 8.25. The molecule has 0 spiro atoms. The zero-order valence-electron chi connectivity index (χ0n) is 15.0. The third-order valence-corrected chi connectivity index (χ3v) is 6.58. The van der Waals surface area contributed by atoms with Crippen molar-refractivity contribution >= 4 is 13.3 Å². The van der Waals surface area contributed by atoms with Crippen molar-refractivity contribution < 1.29 is 0 Å². The number of benzene rings is 1. The highest BCUT2D eigenvalue weighted by Gasteiger charge is 2.25. The standard InChI is InChI=1S/C20H26N2Si/c1-14(2)15(3)18-11-19(22-13-20(18)23(4,5)6)17-9-7-16(12-21)8-10-17/h7-11,13-15H,1-6H3. The Bertz CT molecular complexity index is 719. The summed E-state index contributed by atoms with van der Waals surface area (Å²) in [6.45, 7) is 14.0. The van der Waals surface area contributed by atoms with Gasteiger partial charge in [-0.2, -0.15) is 5.26 Å². The second kappa shape index (κ2) is 6.68. The summed E-state index contributed by atoms with van der Waals surface area (Å²) in [6, 6.07) is 12.1. The second-order valence-electron chi connectivity index (χ2n) is 7.63. The van der Waals surface area contributed by atoms with Gasteiger partial charge in [0.1, 0.15) is 0 Å². The van der Waals surface area contributed by atoms with Crippen molar-refractivity contribution in [3.8, 4) is 17.3 Å². The van der Waals surface area contributed by atoms with Gasteiger partial charge in [0.25, 0.3) is 0 Å². The minimum atomic E-state index is -1.43. The average molecular weight is 323 g/mol. The first-order chi connectivity index (χ1) is 10.7. The molecule has 0 bridgehead atoms. The van der Waals surface area contributed by atoms with Crippen molar-refractivity contribution in [2.24, 2.45) is 5.92 Å². The molecule has 0 saturated carbocycles. The van der Waals surface area contributed by atoms with Crippen LogP contribution >= 0.6 is 0 Å². The van der Waals surface area contributed by atoms with Crippen molar-refractivity contribution in [3.05, 3.63) is 47.7 Å². The maximum Gasteiger partial charge on any atom is 0.0991 e. The predicted molar refractivity (Wildman–Crippen MR) is 101 cm³/mol. The molecule has 1 aromatic carbocycles. The monoisotopic (exact) mass is 322 g/mol. The summed E-state index contributed by atoms with van der Waals surface area (Å²) in [5.74, 6) is 1.11. The fourth-order valence-electron chi connectivity index (χ4n) is 2.71. The lowest BCUT2D eigenvalue weighted by Gasteiger charge is -2.26. The van der Waals surface area contributed by atoms with E-state index in [1.165, 1.54) is 10.8 Å². The topological polar surface area (TPSA) is 36.7 Å². The number of nitriles is 1. The van der Waals surface area contributed by atoms with Crippen LogP contribution in [0.3, 0.4) is 0 Å². The highest BCUT2D eigenvalue weighted by molar-refractivity contribution is 6.89. The summed E-state index contributed by atoms with van der Waals surface area (Å²) in [6.07, 6.45) is 2.09. The SMILES string of the molecule is CC(C)C(C)c1cc(-c2ccc(C#N)cc2)ncc1[Si](C)(C)C. The number of hydrogen-bond donors (Lipinski definition) is 0. The Morgan fingerprint density at radius 1 is 1.04 bits per heavy atom. The molecule has 0 saturated heterocycles. The maximum absolute atomic E-state index is 8.94. The van der Waals surface area contributed by atoms with E-state index in [1.807, 2.05) is 24.3 Å². The van der Waals surface area contributed by atoms with Gasteiger partial charge in [-0.1, -0.05) is 52.5 Å². The average Bonchev–Trinajstić information content (AvgIpc) is 2.52.